The molecule has 1 heterocycles. The average molecular weight is 206 g/mol. The molecule has 1 unspecified atom stereocenters. The fraction of sp³-hybridized carbons (Fsp3) is 0.417. The van der Waals surface area contributed by atoms with E-state index < -0.39 is 0 Å². The lowest BCUT2D eigenvalue weighted by atomic mass is 10.1. The Bertz CT molecular complexity index is 311. The summed E-state index contributed by atoms with van der Waals surface area (Å²) in [5.74, 6) is 0.0520. The van der Waals surface area contributed by atoms with Crippen molar-refractivity contribution in [2.45, 2.75) is 26.3 Å². The Morgan fingerprint density at radius 1 is 1.40 bits per heavy atom. The van der Waals surface area contributed by atoms with Crippen LogP contribution >= 0.6 is 0 Å². The van der Waals surface area contributed by atoms with Gasteiger partial charge in [0.25, 0.3) is 0 Å². The summed E-state index contributed by atoms with van der Waals surface area (Å²) in [6, 6.07) is 7.91. The van der Waals surface area contributed by atoms with E-state index in [1.807, 2.05) is 38.1 Å². The number of amides is 1. The third kappa shape index (κ3) is 2.49. The average Bonchev–Trinajstić information content (AvgIpc) is 2.74. The van der Waals surface area contributed by atoms with Crippen molar-refractivity contribution in [3.63, 3.8) is 0 Å². The molecule has 0 fully saturated rings. The maximum atomic E-state index is 11.3. The van der Waals surface area contributed by atoms with E-state index in [2.05, 4.69) is 10.6 Å². The van der Waals surface area contributed by atoms with E-state index in [0.717, 1.165) is 12.1 Å². The number of anilines is 1. The number of nitrogens with one attached hydrogen (secondary N) is 2. The Morgan fingerprint density at radius 2 is 2.07 bits per heavy atom. The van der Waals surface area contributed by atoms with E-state index in [9.17, 15) is 4.79 Å². The number of benzene rings is 1. The van der Waals surface area contributed by atoms with Crippen LogP contribution in [-0.2, 0) is 11.2 Å². The molecule has 2 N–H and O–H groups in total. The largest absolute Gasteiger partial charge is 0.373 e. The van der Waals surface area contributed by atoms with Gasteiger partial charge in [0.05, 0.1) is 0 Å². The van der Waals surface area contributed by atoms with Crippen LogP contribution in [0.4, 0.5) is 5.69 Å². The van der Waals surface area contributed by atoms with Gasteiger partial charge in [-0.15, -0.1) is 0 Å². The molecule has 1 aromatic rings. The maximum Gasteiger partial charge on any atom is 0.242 e. The van der Waals surface area contributed by atoms with Gasteiger partial charge < -0.3 is 10.6 Å². The molecule has 3 nitrogen and oxygen atoms in total. The highest BCUT2D eigenvalue weighted by Crippen LogP contribution is 2.24. The second-order valence-corrected chi connectivity index (χ2v) is 3.17. The van der Waals surface area contributed by atoms with Crippen molar-refractivity contribution < 1.29 is 4.79 Å². The van der Waals surface area contributed by atoms with Gasteiger partial charge in [-0.25, -0.2) is 0 Å². The third-order valence-corrected chi connectivity index (χ3v) is 2.33. The Morgan fingerprint density at radius 3 is 2.67 bits per heavy atom. The van der Waals surface area contributed by atoms with Crippen LogP contribution in [0, 0.1) is 0 Å². The van der Waals surface area contributed by atoms with Gasteiger partial charge in [0.2, 0.25) is 5.91 Å². The molecule has 0 aliphatic carbocycles. The molecule has 0 saturated carbocycles. The number of carbonyl (C=O) groups is 1. The van der Waals surface area contributed by atoms with Crippen LogP contribution in [0.3, 0.4) is 0 Å². The van der Waals surface area contributed by atoms with Crippen molar-refractivity contribution in [3.8, 4) is 0 Å². The lowest BCUT2D eigenvalue weighted by molar-refractivity contribution is -0.121. The van der Waals surface area contributed by atoms with E-state index in [0.29, 0.717) is 0 Å². The lowest BCUT2D eigenvalue weighted by Crippen LogP contribution is -2.36. The van der Waals surface area contributed by atoms with Crippen molar-refractivity contribution in [1.29, 1.82) is 0 Å². The molecule has 1 aromatic carbocycles. The van der Waals surface area contributed by atoms with Crippen LogP contribution in [-0.4, -0.2) is 19.0 Å². The van der Waals surface area contributed by atoms with Crippen molar-refractivity contribution >= 4 is 11.6 Å². The van der Waals surface area contributed by atoms with Crippen molar-refractivity contribution in [1.82, 2.24) is 5.32 Å². The van der Waals surface area contributed by atoms with Crippen LogP contribution in [0.15, 0.2) is 24.3 Å². The van der Waals surface area contributed by atoms with Crippen LogP contribution in [0.1, 0.15) is 19.4 Å². The fourth-order valence-corrected chi connectivity index (χ4v) is 1.63. The fourth-order valence-electron chi connectivity index (χ4n) is 1.63. The molecule has 1 atom stereocenters. The van der Waals surface area contributed by atoms with Gasteiger partial charge in [0, 0.05) is 19.2 Å². The van der Waals surface area contributed by atoms with Crippen molar-refractivity contribution in [3.05, 3.63) is 29.8 Å². The normalized spacial score (nSPS) is 16.9. The van der Waals surface area contributed by atoms with Crippen LogP contribution < -0.4 is 10.6 Å². The SMILES string of the molecule is CC.CNC(=O)C1Cc2ccccc2N1. The molecule has 0 saturated heterocycles. The standard InChI is InChI=1S/C10H12N2O.C2H6/c1-11-10(13)9-6-7-4-2-3-5-8(7)12-9;1-2/h2-5,9,12H,6H2,1H3,(H,11,13);1-2H3. The van der Waals surface area contributed by atoms with Gasteiger partial charge in [-0.2, -0.15) is 0 Å². The molecule has 1 aliphatic rings. The summed E-state index contributed by atoms with van der Waals surface area (Å²) < 4.78 is 0. The number of hydrogen-bond donors (Lipinski definition) is 2. The van der Waals surface area contributed by atoms with E-state index >= 15 is 0 Å². The number of hydrogen-bond acceptors (Lipinski definition) is 2. The first-order valence-electron chi connectivity index (χ1n) is 5.37. The summed E-state index contributed by atoms with van der Waals surface area (Å²) in [5, 5.41) is 5.81. The summed E-state index contributed by atoms with van der Waals surface area (Å²) in [5.41, 5.74) is 2.30. The molecule has 15 heavy (non-hydrogen) atoms. The highest BCUT2D eigenvalue weighted by atomic mass is 16.2. The molecule has 0 bridgehead atoms. The number of rotatable bonds is 1. The summed E-state index contributed by atoms with van der Waals surface area (Å²) in [4.78, 5) is 11.3. The molecule has 2 rings (SSSR count). The van der Waals surface area contributed by atoms with Crippen molar-refractivity contribution in [2.24, 2.45) is 0 Å². The highest BCUT2D eigenvalue weighted by Gasteiger charge is 2.24. The van der Waals surface area contributed by atoms with E-state index in [1.54, 1.807) is 7.05 Å². The third-order valence-electron chi connectivity index (χ3n) is 2.33. The Balaban J connectivity index is 0.000000531. The molecule has 1 aliphatic heterocycles. The number of carbonyl (C=O) groups excluding carboxylic acids is 1. The minimum atomic E-state index is -0.0950. The zero-order valence-corrected chi connectivity index (χ0v) is 9.50. The Labute approximate surface area is 90.9 Å². The zero-order chi connectivity index (χ0) is 11.3. The first-order chi connectivity index (χ1) is 7.31. The first kappa shape index (κ1) is 11.6. The van der Waals surface area contributed by atoms with Crippen LogP contribution in [0.2, 0.25) is 0 Å². The van der Waals surface area contributed by atoms with E-state index in [4.69, 9.17) is 0 Å². The van der Waals surface area contributed by atoms with Crippen LogP contribution in [0.25, 0.3) is 0 Å². The monoisotopic (exact) mass is 206 g/mol. The summed E-state index contributed by atoms with van der Waals surface area (Å²) in [7, 11) is 1.66. The second kappa shape index (κ2) is 5.39. The summed E-state index contributed by atoms with van der Waals surface area (Å²) in [6.45, 7) is 4.00. The number of para-hydroxylation sites is 1. The van der Waals surface area contributed by atoms with Gasteiger partial charge in [0.15, 0.2) is 0 Å². The molecule has 1 amide bonds. The smallest absolute Gasteiger partial charge is 0.242 e. The quantitative estimate of drug-likeness (QED) is 0.735. The van der Waals surface area contributed by atoms with E-state index in [-0.39, 0.29) is 11.9 Å². The van der Waals surface area contributed by atoms with Gasteiger partial charge in [-0.1, -0.05) is 32.0 Å². The molecular formula is C12H18N2O. The predicted octanol–water partition coefficient (Wildman–Crippen LogP) is 1.80. The predicted molar refractivity (Wildman–Crippen MR) is 63.0 cm³/mol. The summed E-state index contributed by atoms with van der Waals surface area (Å²) in [6.07, 6.45) is 0.788. The molecular weight excluding hydrogens is 188 g/mol. The maximum absolute atomic E-state index is 11.3. The first-order valence-corrected chi connectivity index (χ1v) is 5.37. The molecule has 0 spiro atoms. The molecule has 82 valence electrons. The van der Waals surface area contributed by atoms with Crippen molar-refractivity contribution in [2.75, 3.05) is 12.4 Å². The zero-order valence-electron chi connectivity index (χ0n) is 9.50. The van der Waals surface area contributed by atoms with Gasteiger partial charge in [-0.05, 0) is 11.6 Å². The minimum absolute atomic E-state index is 0.0520. The molecule has 3 heteroatoms. The lowest BCUT2D eigenvalue weighted by Gasteiger charge is -2.08. The van der Waals surface area contributed by atoms with E-state index in [1.165, 1.54) is 5.56 Å². The van der Waals surface area contributed by atoms with Gasteiger partial charge in [-0.3, -0.25) is 4.79 Å². The second-order valence-electron chi connectivity index (χ2n) is 3.17. The Hall–Kier alpha value is -1.51. The van der Waals surface area contributed by atoms with Gasteiger partial charge >= 0.3 is 0 Å². The highest BCUT2D eigenvalue weighted by molar-refractivity contribution is 5.87. The summed E-state index contributed by atoms with van der Waals surface area (Å²) >= 11 is 0. The topological polar surface area (TPSA) is 41.1 Å². The van der Waals surface area contributed by atoms with Gasteiger partial charge in [0.1, 0.15) is 6.04 Å². The van der Waals surface area contributed by atoms with Crippen LogP contribution in [0.5, 0.6) is 0 Å². The number of fused-ring (bicyclic) bond motifs is 1. The minimum Gasteiger partial charge on any atom is -0.373 e. The Kier molecular flexibility index (Phi) is 4.16. The molecule has 0 radical (unpaired) electrons. The molecule has 0 aromatic heterocycles. The number of likely N-dealkylation sites (N-methyl/N-ethyl adjacent to an activating group) is 1.